The number of esters is 1. The van der Waals surface area contributed by atoms with Crippen LogP contribution in [0.3, 0.4) is 0 Å². The van der Waals surface area contributed by atoms with E-state index in [2.05, 4.69) is 5.32 Å². The summed E-state index contributed by atoms with van der Waals surface area (Å²) in [5.74, 6) is -1.44. The quantitative estimate of drug-likeness (QED) is 0.849. The van der Waals surface area contributed by atoms with Gasteiger partial charge in [-0.15, -0.1) is 0 Å². The summed E-state index contributed by atoms with van der Waals surface area (Å²) >= 11 is 5.80. The Kier molecular flexibility index (Phi) is 5.01. The summed E-state index contributed by atoms with van der Waals surface area (Å²) in [6.07, 6.45) is 0. The highest BCUT2D eigenvalue weighted by atomic mass is 35.5. The molecule has 2 rings (SSSR count). The van der Waals surface area contributed by atoms with Crippen LogP contribution in [0.25, 0.3) is 0 Å². The molecule has 0 fully saturated rings. The Balaban J connectivity index is 1.92. The molecule has 0 heterocycles. The van der Waals surface area contributed by atoms with Crippen LogP contribution in [-0.4, -0.2) is 23.6 Å². The molecule has 0 aliphatic heterocycles. The van der Waals surface area contributed by atoms with E-state index >= 15 is 0 Å². The second-order valence-corrected chi connectivity index (χ2v) is 5.09. The number of phenols is 1. The zero-order valence-corrected chi connectivity index (χ0v) is 12.6. The van der Waals surface area contributed by atoms with Gasteiger partial charge in [0.05, 0.1) is 0 Å². The van der Waals surface area contributed by atoms with Gasteiger partial charge in [0.15, 0.2) is 6.61 Å². The second-order valence-electron chi connectivity index (χ2n) is 4.66. The molecule has 0 atom stereocenters. The molecule has 0 unspecified atom stereocenters. The first-order chi connectivity index (χ1) is 10.5. The molecule has 1 amide bonds. The van der Waals surface area contributed by atoms with Crippen molar-refractivity contribution in [3.63, 3.8) is 0 Å². The Morgan fingerprint density at radius 2 is 2.00 bits per heavy atom. The van der Waals surface area contributed by atoms with Gasteiger partial charge in [-0.2, -0.15) is 0 Å². The number of carbonyl (C=O) groups is 2. The maximum Gasteiger partial charge on any atom is 0.342 e. The standard InChI is InChI=1S/C16H14ClNO4/c1-10-5-6-13(14(19)7-10)16(21)22-9-15(20)18-12-4-2-3-11(17)8-12/h2-8,19H,9H2,1H3,(H,18,20). The molecule has 5 nitrogen and oxygen atoms in total. The lowest BCUT2D eigenvalue weighted by Gasteiger charge is -2.08. The number of anilines is 1. The fourth-order valence-corrected chi connectivity index (χ4v) is 1.98. The number of benzene rings is 2. The van der Waals surface area contributed by atoms with Crippen LogP contribution in [0.2, 0.25) is 5.02 Å². The van der Waals surface area contributed by atoms with Crippen LogP contribution in [0.15, 0.2) is 42.5 Å². The highest BCUT2D eigenvalue weighted by molar-refractivity contribution is 6.30. The van der Waals surface area contributed by atoms with E-state index in [-0.39, 0.29) is 11.3 Å². The summed E-state index contributed by atoms with van der Waals surface area (Å²) in [5.41, 5.74) is 1.33. The first-order valence-electron chi connectivity index (χ1n) is 6.48. The maximum atomic E-state index is 11.8. The minimum absolute atomic E-state index is 0.0150. The summed E-state index contributed by atoms with van der Waals surface area (Å²) in [5, 5.41) is 12.7. The largest absolute Gasteiger partial charge is 0.507 e. The van der Waals surface area contributed by atoms with E-state index in [4.69, 9.17) is 16.3 Å². The Labute approximate surface area is 132 Å². The first kappa shape index (κ1) is 15.9. The molecule has 22 heavy (non-hydrogen) atoms. The van der Waals surface area contributed by atoms with Crippen molar-refractivity contribution in [3.8, 4) is 5.75 Å². The van der Waals surface area contributed by atoms with Gasteiger partial charge in [-0.1, -0.05) is 23.7 Å². The number of aromatic hydroxyl groups is 1. The van der Waals surface area contributed by atoms with Gasteiger partial charge in [0.25, 0.3) is 5.91 Å². The minimum atomic E-state index is -0.765. The lowest BCUT2D eigenvalue weighted by Crippen LogP contribution is -2.21. The van der Waals surface area contributed by atoms with E-state index in [1.807, 2.05) is 0 Å². The second kappa shape index (κ2) is 6.95. The number of hydrogen-bond acceptors (Lipinski definition) is 4. The van der Waals surface area contributed by atoms with Gasteiger partial charge in [0.1, 0.15) is 11.3 Å². The molecule has 0 aromatic heterocycles. The van der Waals surface area contributed by atoms with Gasteiger partial charge in [0, 0.05) is 10.7 Å². The van der Waals surface area contributed by atoms with E-state index in [1.54, 1.807) is 37.3 Å². The summed E-state index contributed by atoms with van der Waals surface area (Å²) in [4.78, 5) is 23.5. The highest BCUT2D eigenvalue weighted by Crippen LogP contribution is 2.19. The van der Waals surface area contributed by atoms with Crippen LogP contribution in [0, 0.1) is 6.92 Å². The third kappa shape index (κ3) is 4.23. The molecule has 2 aromatic carbocycles. The van der Waals surface area contributed by atoms with Gasteiger partial charge in [0.2, 0.25) is 0 Å². The number of carbonyl (C=O) groups excluding carboxylic acids is 2. The zero-order chi connectivity index (χ0) is 16.1. The molecule has 2 aromatic rings. The molecular weight excluding hydrogens is 306 g/mol. The van der Waals surface area contributed by atoms with Crippen LogP contribution >= 0.6 is 11.6 Å². The number of aryl methyl sites for hydroxylation is 1. The molecule has 0 spiro atoms. The predicted octanol–water partition coefficient (Wildman–Crippen LogP) is 3.15. The zero-order valence-electron chi connectivity index (χ0n) is 11.8. The summed E-state index contributed by atoms with van der Waals surface area (Å²) in [6.45, 7) is 1.33. The SMILES string of the molecule is Cc1ccc(C(=O)OCC(=O)Nc2cccc(Cl)c2)c(O)c1. The molecule has 0 aliphatic rings. The summed E-state index contributed by atoms with van der Waals surface area (Å²) in [6, 6.07) is 11.2. The molecule has 114 valence electrons. The van der Waals surface area contributed by atoms with E-state index in [0.29, 0.717) is 10.7 Å². The first-order valence-corrected chi connectivity index (χ1v) is 6.85. The van der Waals surface area contributed by atoms with Gasteiger partial charge in [-0.3, -0.25) is 4.79 Å². The lowest BCUT2D eigenvalue weighted by atomic mass is 10.1. The number of halogens is 1. The number of rotatable bonds is 4. The van der Waals surface area contributed by atoms with Gasteiger partial charge >= 0.3 is 5.97 Å². The molecule has 0 bridgehead atoms. The van der Waals surface area contributed by atoms with Gasteiger partial charge in [-0.25, -0.2) is 4.79 Å². The fourth-order valence-electron chi connectivity index (χ4n) is 1.79. The number of ether oxygens (including phenoxy) is 1. The van der Waals surface area contributed by atoms with Gasteiger partial charge < -0.3 is 15.2 Å². The van der Waals surface area contributed by atoms with E-state index < -0.39 is 18.5 Å². The molecular formula is C16H14ClNO4. The Morgan fingerprint density at radius 1 is 1.23 bits per heavy atom. The fraction of sp³-hybridized carbons (Fsp3) is 0.125. The predicted molar refractivity (Wildman–Crippen MR) is 83.2 cm³/mol. The lowest BCUT2D eigenvalue weighted by molar-refractivity contribution is -0.119. The summed E-state index contributed by atoms with van der Waals surface area (Å²) in [7, 11) is 0. The Morgan fingerprint density at radius 3 is 2.68 bits per heavy atom. The van der Waals surface area contributed by atoms with E-state index in [1.165, 1.54) is 12.1 Å². The highest BCUT2D eigenvalue weighted by Gasteiger charge is 2.14. The van der Waals surface area contributed by atoms with Crippen molar-refractivity contribution in [2.45, 2.75) is 6.92 Å². The summed E-state index contributed by atoms with van der Waals surface area (Å²) < 4.78 is 4.87. The molecule has 6 heteroatoms. The smallest absolute Gasteiger partial charge is 0.342 e. The van der Waals surface area contributed by atoms with E-state index in [0.717, 1.165) is 5.56 Å². The molecule has 2 N–H and O–H groups in total. The van der Waals surface area contributed by atoms with Crippen LogP contribution in [0.1, 0.15) is 15.9 Å². The monoisotopic (exact) mass is 319 g/mol. The molecule has 0 radical (unpaired) electrons. The van der Waals surface area contributed by atoms with Crippen LogP contribution in [0.5, 0.6) is 5.75 Å². The van der Waals surface area contributed by atoms with Crippen molar-refractivity contribution >= 4 is 29.2 Å². The van der Waals surface area contributed by atoms with Crippen molar-refractivity contribution in [2.24, 2.45) is 0 Å². The Bertz CT molecular complexity index is 715. The van der Waals surface area contributed by atoms with Crippen molar-refractivity contribution in [1.29, 1.82) is 0 Å². The maximum absolute atomic E-state index is 11.8. The third-order valence-electron chi connectivity index (χ3n) is 2.82. The number of nitrogens with one attached hydrogen (secondary N) is 1. The van der Waals surface area contributed by atoms with Crippen molar-refractivity contribution in [3.05, 3.63) is 58.6 Å². The number of hydrogen-bond donors (Lipinski definition) is 2. The normalized spacial score (nSPS) is 10.1. The Hall–Kier alpha value is -2.53. The topological polar surface area (TPSA) is 75.6 Å². The molecule has 0 saturated heterocycles. The minimum Gasteiger partial charge on any atom is -0.507 e. The van der Waals surface area contributed by atoms with Gasteiger partial charge in [-0.05, 0) is 42.8 Å². The van der Waals surface area contributed by atoms with Crippen LogP contribution in [0.4, 0.5) is 5.69 Å². The van der Waals surface area contributed by atoms with Crippen molar-refractivity contribution < 1.29 is 19.4 Å². The van der Waals surface area contributed by atoms with E-state index in [9.17, 15) is 14.7 Å². The van der Waals surface area contributed by atoms with Crippen LogP contribution < -0.4 is 5.32 Å². The number of amides is 1. The third-order valence-corrected chi connectivity index (χ3v) is 3.05. The molecule has 0 aliphatic carbocycles. The van der Waals surface area contributed by atoms with Crippen LogP contribution in [-0.2, 0) is 9.53 Å². The molecule has 0 saturated carbocycles. The van der Waals surface area contributed by atoms with Crippen molar-refractivity contribution in [2.75, 3.05) is 11.9 Å². The average Bonchev–Trinajstić information content (AvgIpc) is 2.45. The average molecular weight is 320 g/mol. The van der Waals surface area contributed by atoms with Crippen molar-refractivity contribution in [1.82, 2.24) is 0 Å². The number of phenolic OH excluding ortho intramolecular Hbond substituents is 1.